The Balaban J connectivity index is 1.71. The highest BCUT2D eigenvalue weighted by molar-refractivity contribution is 5.94. The minimum Gasteiger partial charge on any atom is -0.507 e. The summed E-state index contributed by atoms with van der Waals surface area (Å²) in [5, 5.41) is 25.5. The molecule has 0 aromatic heterocycles. The Morgan fingerprint density at radius 3 is 2.18 bits per heavy atom. The highest BCUT2D eigenvalue weighted by Gasteiger charge is 2.51. The summed E-state index contributed by atoms with van der Waals surface area (Å²) in [5.74, 6) is -1.57. The molecule has 34 heavy (non-hydrogen) atoms. The van der Waals surface area contributed by atoms with E-state index in [1.165, 1.54) is 6.92 Å². The van der Waals surface area contributed by atoms with Crippen LogP contribution in [0.25, 0.3) is 0 Å². The van der Waals surface area contributed by atoms with Crippen molar-refractivity contribution in [1.82, 2.24) is 14.9 Å². The van der Waals surface area contributed by atoms with Crippen molar-refractivity contribution < 1.29 is 23.8 Å². The smallest absolute Gasteiger partial charge is 0.276 e. The zero-order chi connectivity index (χ0) is 24.2. The molecular formula is C26H29F2N3O3. The van der Waals surface area contributed by atoms with Crippen molar-refractivity contribution in [3.63, 3.8) is 0 Å². The van der Waals surface area contributed by atoms with E-state index in [0.717, 1.165) is 40.0 Å². The summed E-state index contributed by atoms with van der Waals surface area (Å²) >= 11 is 0. The molecule has 1 saturated heterocycles. The maximum absolute atomic E-state index is 13.5. The number of carbonyl (C=O) groups is 1. The Morgan fingerprint density at radius 1 is 1.06 bits per heavy atom. The fourth-order valence-corrected chi connectivity index (χ4v) is 5.38. The number of aryl methyl sites for hydroxylation is 2. The Hall–Kier alpha value is -2.97. The third-order valence-corrected chi connectivity index (χ3v) is 7.50. The Kier molecular flexibility index (Phi) is 5.61. The van der Waals surface area contributed by atoms with Crippen molar-refractivity contribution in [2.45, 2.75) is 44.8 Å². The lowest BCUT2D eigenvalue weighted by Gasteiger charge is -2.53. The second-order valence-electron chi connectivity index (χ2n) is 9.63. The van der Waals surface area contributed by atoms with Crippen molar-refractivity contribution in [2.24, 2.45) is 5.92 Å². The van der Waals surface area contributed by atoms with E-state index in [1.807, 2.05) is 41.4 Å². The first-order chi connectivity index (χ1) is 16.2. The normalized spacial score (nSPS) is 25.8. The number of hydrazine groups is 1. The average molecular weight is 470 g/mol. The lowest BCUT2D eigenvalue weighted by atomic mass is 9.84. The van der Waals surface area contributed by atoms with Crippen LogP contribution in [0.3, 0.4) is 0 Å². The summed E-state index contributed by atoms with van der Waals surface area (Å²) in [6, 6.07) is 15.8. The predicted octanol–water partition coefficient (Wildman–Crippen LogP) is 3.63. The number of aliphatic hydroxyl groups is 2. The van der Waals surface area contributed by atoms with Crippen molar-refractivity contribution in [3.8, 4) is 0 Å². The van der Waals surface area contributed by atoms with Gasteiger partial charge in [-0.15, -0.1) is 0 Å². The summed E-state index contributed by atoms with van der Waals surface area (Å²) in [6.07, 6.45) is -1.04. The van der Waals surface area contributed by atoms with Crippen LogP contribution in [0.4, 0.5) is 8.78 Å². The lowest BCUT2D eigenvalue weighted by Crippen LogP contribution is -2.64. The number of aliphatic hydroxyl groups excluding tert-OH is 1. The van der Waals surface area contributed by atoms with E-state index in [2.05, 4.69) is 12.1 Å². The maximum Gasteiger partial charge on any atom is 0.276 e. The largest absolute Gasteiger partial charge is 0.507 e. The van der Waals surface area contributed by atoms with Crippen LogP contribution < -0.4 is 0 Å². The molecule has 8 heteroatoms. The molecule has 0 saturated carbocycles. The van der Waals surface area contributed by atoms with Gasteiger partial charge in [0.05, 0.1) is 19.3 Å². The summed E-state index contributed by atoms with van der Waals surface area (Å²) in [5.41, 5.74) is 2.64. The number of benzene rings is 2. The van der Waals surface area contributed by atoms with Gasteiger partial charge < -0.3 is 15.1 Å². The highest BCUT2D eigenvalue weighted by atomic mass is 19.3. The van der Waals surface area contributed by atoms with E-state index in [-0.39, 0.29) is 25.0 Å². The van der Waals surface area contributed by atoms with E-state index < -0.39 is 36.2 Å². The van der Waals surface area contributed by atoms with E-state index in [4.69, 9.17) is 0 Å². The molecule has 3 aliphatic rings. The number of alkyl halides is 2. The van der Waals surface area contributed by atoms with Gasteiger partial charge in [-0.2, -0.15) is 5.01 Å². The molecule has 2 aromatic rings. The summed E-state index contributed by atoms with van der Waals surface area (Å²) in [7, 11) is 0. The van der Waals surface area contributed by atoms with Gasteiger partial charge in [0, 0.05) is 12.5 Å². The van der Waals surface area contributed by atoms with Gasteiger partial charge in [-0.1, -0.05) is 55.5 Å². The molecule has 1 amide bonds. The molecular weight excluding hydrogens is 440 g/mol. The number of fused-ring (bicyclic) bond motifs is 3. The van der Waals surface area contributed by atoms with Crippen LogP contribution in [0.5, 0.6) is 0 Å². The number of rotatable bonds is 3. The summed E-state index contributed by atoms with van der Waals surface area (Å²) < 4.78 is 27.0. The number of hydrogen-bond acceptors (Lipinski definition) is 5. The number of halogens is 2. The van der Waals surface area contributed by atoms with E-state index in [0.29, 0.717) is 0 Å². The second-order valence-corrected chi connectivity index (χ2v) is 9.63. The first kappa shape index (κ1) is 22.8. The van der Waals surface area contributed by atoms with E-state index in [9.17, 15) is 23.8 Å². The van der Waals surface area contributed by atoms with Crippen LogP contribution in [-0.4, -0.2) is 62.8 Å². The molecule has 6 nitrogen and oxygen atoms in total. The number of amides is 1. The number of hydrogen-bond donors (Lipinski definition) is 2. The number of nitrogens with zero attached hydrogens (tertiary/aromatic N) is 3. The van der Waals surface area contributed by atoms with Crippen LogP contribution in [0.15, 0.2) is 60.0 Å². The molecule has 2 atom stereocenters. The van der Waals surface area contributed by atoms with Gasteiger partial charge in [-0.25, -0.2) is 8.78 Å². The Labute approximate surface area is 197 Å². The van der Waals surface area contributed by atoms with Crippen LogP contribution in [0.1, 0.15) is 42.1 Å². The first-order valence-electron chi connectivity index (χ1n) is 11.6. The molecule has 1 aliphatic carbocycles. The molecule has 1 fully saturated rings. The fraction of sp³-hybridized carbons (Fsp3) is 0.423. The van der Waals surface area contributed by atoms with Crippen LogP contribution >= 0.6 is 0 Å². The van der Waals surface area contributed by atoms with Crippen LogP contribution in [-0.2, 0) is 17.6 Å². The average Bonchev–Trinajstić information content (AvgIpc) is 2.96. The van der Waals surface area contributed by atoms with Crippen molar-refractivity contribution >= 4 is 5.91 Å². The predicted molar refractivity (Wildman–Crippen MR) is 123 cm³/mol. The highest BCUT2D eigenvalue weighted by Crippen LogP contribution is 2.44. The van der Waals surface area contributed by atoms with E-state index in [1.54, 1.807) is 11.9 Å². The molecule has 2 N–H and O–H groups in total. The van der Waals surface area contributed by atoms with Gasteiger partial charge >= 0.3 is 0 Å². The van der Waals surface area contributed by atoms with Crippen LogP contribution in [0, 0.1) is 5.92 Å². The second kappa shape index (κ2) is 8.36. The summed E-state index contributed by atoms with van der Waals surface area (Å²) in [4.78, 5) is 14.3. The molecule has 2 heterocycles. The zero-order valence-corrected chi connectivity index (χ0v) is 19.3. The molecule has 2 aromatic carbocycles. The van der Waals surface area contributed by atoms with Gasteiger partial charge in [-0.3, -0.25) is 9.80 Å². The molecule has 2 aliphatic heterocycles. The fourth-order valence-electron chi connectivity index (χ4n) is 5.38. The molecule has 5 rings (SSSR count). The van der Waals surface area contributed by atoms with Crippen LogP contribution in [0.2, 0.25) is 0 Å². The van der Waals surface area contributed by atoms with Gasteiger partial charge in [0.25, 0.3) is 12.3 Å². The summed E-state index contributed by atoms with van der Waals surface area (Å²) in [6.45, 7) is 2.71. The van der Waals surface area contributed by atoms with Gasteiger partial charge in [0.2, 0.25) is 0 Å². The van der Waals surface area contributed by atoms with E-state index >= 15 is 0 Å². The first-order valence-corrected chi connectivity index (χ1v) is 11.6. The standard InChI is InChI=1S/C26H29F2N3O3/c1-16-13-30-23(24(32)26(16,2)34)25(33)29(14-21(27)28)15-31(30)22-19-9-5-3-7-17(19)11-12-18-8-4-6-10-20(18)22/h3-10,16,21-22,32,34H,11-15H2,1-2H3. The SMILES string of the molecule is CC1CN2C(=C(O)C1(C)O)C(=O)N(CC(F)F)CN2C1c2ccccc2CCc2ccccc21. The zero-order valence-electron chi connectivity index (χ0n) is 19.3. The molecule has 2 unspecified atom stereocenters. The molecule has 180 valence electrons. The minimum absolute atomic E-state index is 0.0534. The third kappa shape index (κ3) is 3.56. The molecule has 0 bridgehead atoms. The van der Waals surface area contributed by atoms with Crippen molar-refractivity contribution in [1.29, 1.82) is 0 Å². The molecule has 0 spiro atoms. The molecule has 0 radical (unpaired) electrons. The lowest BCUT2D eigenvalue weighted by molar-refractivity contribution is -0.171. The maximum atomic E-state index is 13.5. The van der Waals surface area contributed by atoms with Gasteiger partial charge in [-0.05, 0) is 42.0 Å². The Morgan fingerprint density at radius 2 is 1.62 bits per heavy atom. The monoisotopic (exact) mass is 469 g/mol. The Bertz CT molecular complexity index is 1100. The minimum atomic E-state index is -2.73. The van der Waals surface area contributed by atoms with Gasteiger partial charge in [0.15, 0.2) is 11.5 Å². The van der Waals surface area contributed by atoms with Gasteiger partial charge in [0.1, 0.15) is 5.60 Å². The van der Waals surface area contributed by atoms with Crippen molar-refractivity contribution in [2.75, 3.05) is 19.8 Å². The topological polar surface area (TPSA) is 67.2 Å². The van der Waals surface area contributed by atoms with Crippen molar-refractivity contribution in [3.05, 3.63) is 82.2 Å². The third-order valence-electron chi connectivity index (χ3n) is 7.50. The quantitative estimate of drug-likeness (QED) is 0.719. The number of carbonyl (C=O) groups excluding carboxylic acids is 1.